The molecule has 0 aliphatic heterocycles. The minimum Gasteiger partial charge on any atom is -0.390 e. The summed E-state index contributed by atoms with van der Waals surface area (Å²) >= 11 is 0. The number of sulfonamides is 2. The summed E-state index contributed by atoms with van der Waals surface area (Å²) in [5.41, 5.74) is 0.972. The summed E-state index contributed by atoms with van der Waals surface area (Å²) in [4.78, 5) is 44.0. The van der Waals surface area contributed by atoms with Gasteiger partial charge in [0.25, 0.3) is 0 Å². The Hall–Kier alpha value is -2.23. The lowest BCUT2D eigenvalue weighted by molar-refractivity contribution is 0.152. The van der Waals surface area contributed by atoms with Crippen LogP contribution in [0.3, 0.4) is 0 Å². The molecule has 0 amide bonds. The van der Waals surface area contributed by atoms with Crippen LogP contribution < -0.4 is 14.3 Å². The van der Waals surface area contributed by atoms with Gasteiger partial charge in [0.1, 0.15) is 0 Å². The molecule has 12 nitrogen and oxygen atoms in total. The summed E-state index contributed by atoms with van der Waals surface area (Å²) < 4.78 is 61.2. The molecule has 0 saturated carbocycles. The van der Waals surface area contributed by atoms with Crippen molar-refractivity contribution in [3.63, 3.8) is 0 Å². The van der Waals surface area contributed by atoms with Crippen LogP contribution in [0.4, 0.5) is 5.69 Å². The zero-order valence-electron chi connectivity index (χ0n) is 33.5. The van der Waals surface area contributed by atoms with Gasteiger partial charge in [0, 0.05) is 55.7 Å². The highest BCUT2D eigenvalue weighted by molar-refractivity contribution is 7.90. The van der Waals surface area contributed by atoms with Gasteiger partial charge in [0.2, 0.25) is 20.0 Å². The van der Waals surface area contributed by atoms with E-state index in [1.54, 1.807) is 42.5 Å². The molecular formula is C40H67N3O9S2Si2. The molecule has 0 saturated heterocycles. The van der Waals surface area contributed by atoms with Crippen LogP contribution in [0, 0.1) is 0 Å². The molecule has 0 bridgehead atoms. The van der Waals surface area contributed by atoms with Crippen LogP contribution in [0.1, 0.15) is 116 Å². The Morgan fingerprint density at radius 2 is 0.911 bits per heavy atom. The lowest BCUT2D eigenvalue weighted by Gasteiger charge is -2.25. The number of unbranched alkanes of at least 4 members (excludes halogenated alkanes) is 16. The zero-order valence-corrected chi connectivity index (χ0v) is 37.1. The maximum absolute atomic E-state index is 13.1. The predicted molar refractivity (Wildman–Crippen MR) is 229 cm³/mol. The number of rotatable bonds is 31. The number of hydrogen-bond acceptors (Lipinski definition) is 10. The van der Waals surface area contributed by atoms with E-state index in [1.165, 1.54) is 0 Å². The van der Waals surface area contributed by atoms with Crippen molar-refractivity contribution in [3.05, 3.63) is 66.7 Å². The van der Waals surface area contributed by atoms with E-state index >= 15 is 0 Å². The van der Waals surface area contributed by atoms with Gasteiger partial charge < -0.3 is 28.2 Å². The number of hydrogen-bond donors (Lipinski definition) is 6. The van der Waals surface area contributed by atoms with Crippen molar-refractivity contribution >= 4 is 54.1 Å². The zero-order chi connectivity index (χ0) is 40.9. The summed E-state index contributed by atoms with van der Waals surface area (Å²) in [6.45, 7) is 0.816. The Balaban J connectivity index is 1.13. The second-order valence-corrected chi connectivity index (χ2v) is 23.4. The molecule has 0 atom stereocenters. The minimum absolute atomic E-state index is 0.0489. The summed E-state index contributed by atoms with van der Waals surface area (Å²) in [5.74, 6) is 0. The summed E-state index contributed by atoms with van der Waals surface area (Å²) in [6.07, 6.45) is 16.4. The van der Waals surface area contributed by atoms with Gasteiger partial charge in [-0.3, -0.25) is 0 Å². The van der Waals surface area contributed by atoms with Crippen molar-refractivity contribution < 1.29 is 40.1 Å². The van der Waals surface area contributed by atoms with Crippen LogP contribution in [-0.2, 0) is 24.2 Å². The van der Waals surface area contributed by atoms with Crippen molar-refractivity contribution in [2.24, 2.45) is 0 Å². The first-order valence-electron chi connectivity index (χ1n) is 20.5. The van der Waals surface area contributed by atoms with E-state index in [1.807, 2.05) is 43.3 Å². The molecule has 16 heteroatoms. The third kappa shape index (κ3) is 18.1. The molecule has 0 radical (unpaired) electrons. The molecule has 0 aliphatic rings. The highest BCUT2D eigenvalue weighted by Crippen LogP contribution is 2.30. The van der Waals surface area contributed by atoms with Crippen LogP contribution in [0.25, 0.3) is 10.8 Å². The first-order chi connectivity index (χ1) is 26.6. The number of nitrogens with zero attached hydrogens (tertiary/aromatic N) is 1. The molecule has 3 rings (SSSR count). The Bertz CT molecular complexity index is 1780. The molecule has 0 unspecified atom stereocenters. The molecule has 56 heavy (non-hydrogen) atoms. The van der Waals surface area contributed by atoms with Gasteiger partial charge in [-0.1, -0.05) is 132 Å². The van der Waals surface area contributed by atoms with Crippen LogP contribution in [0.15, 0.2) is 76.5 Å². The van der Waals surface area contributed by atoms with E-state index in [0.29, 0.717) is 36.2 Å². The SMILES string of the molecule is CN(C)c1cccc2c(S(=O)(=O)NCCCCCCCCCCC[Si](O)(O)O[Si](O)(O)CCCCCCCCCCCNS(=O)(=O)c3ccccc3)cccc12. The average molecular weight is 854 g/mol. The van der Waals surface area contributed by atoms with Crippen molar-refractivity contribution in [3.8, 4) is 0 Å². The molecular weight excluding hydrogens is 787 g/mol. The molecule has 0 fully saturated rings. The van der Waals surface area contributed by atoms with Gasteiger partial charge in [-0.15, -0.1) is 0 Å². The first kappa shape index (κ1) is 48.1. The van der Waals surface area contributed by atoms with E-state index in [2.05, 4.69) is 9.44 Å². The standard InChI is InChI=1S/C40H67N3O9S2Si2/c1-43(2)39-30-24-29-38-37(39)28-25-31-40(38)54(46,47)42-33-21-14-10-6-4-8-12-16-23-35-56(50,51)52-55(48,49)34-22-15-11-7-3-5-9-13-20-32-41-53(44,45)36-26-18-17-19-27-36/h17-19,24-31,41-42,48-51H,3-16,20-23,32-35H2,1-2H3. The fraction of sp³-hybridized carbons (Fsp3) is 0.600. The minimum atomic E-state index is -4.14. The lowest BCUT2D eigenvalue weighted by Crippen LogP contribution is -2.52. The predicted octanol–water partition coefficient (Wildman–Crippen LogP) is 7.05. The second-order valence-electron chi connectivity index (χ2n) is 15.1. The summed E-state index contributed by atoms with van der Waals surface area (Å²) in [5, 5.41) is 1.61. The van der Waals surface area contributed by atoms with Gasteiger partial charge in [0.05, 0.1) is 9.79 Å². The van der Waals surface area contributed by atoms with Gasteiger partial charge in [0.15, 0.2) is 0 Å². The molecule has 0 aliphatic carbocycles. The highest BCUT2D eigenvalue weighted by Gasteiger charge is 2.44. The summed E-state index contributed by atoms with van der Waals surface area (Å²) in [7, 11) is -11.5. The maximum atomic E-state index is 13.1. The highest BCUT2D eigenvalue weighted by atomic mass is 32.2. The Kier molecular flexibility index (Phi) is 21.2. The molecule has 3 aromatic carbocycles. The van der Waals surface area contributed by atoms with Crippen LogP contribution in [0.2, 0.25) is 12.1 Å². The van der Waals surface area contributed by atoms with Crippen LogP contribution >= 0.6 is 0 Å². The number of nitrogens with one attached hydrogen (secondary N) is 2. The van der Waals surface area contributed by atoms with E-state index in [9.17, 15) is 36.0 Å². The quantitative estimate of drug-likeness (QED) is 0.0290. The molecule has 0 heterocycles. The number of anilines is 1. The maximum Gasteiger partial charge on any atom is 0.488 e. The monoisotopic (exact) mass is 853 g/mol. The molecule has 3 aromatic rings. The third-order valence-electron chi connectivity index (χ3n) is 9.95. The molecule has 0 aromatic heterocycles. The van der Waals surface area contributed by atoms with Gasteiger partial charge in [-0.25, -0.2) is 26.3 Å². The van der Waals surface area contributed by atoms with Crippen LogP contribution in [-0.4, -0.2) is 80.8 Å². The Morgan fingerprint density at radius 1 is 0.500 bits per heavy atom. The van der Waals surface area contributed by atoms with E-state index in [-0.39, 0.29) is 17.0 Å². The third-order valence-corrected chi connectivity index (χ3v) is 17.6. The van der Waals surface area contributed by atoms with Crippen molar-refractivity contribution in [2.45, 2.75) is 137 Å². The fourth-order valence-corrected chi connectivity index (χ4v) is 13.6. The lowest BCUT2D eigenvalue weighted by atomic mass is 10.1. The average Bonchev–Trinajstić information content (AvgIpc) is 3.14. The van der Waals surface area contributed by atoms with E-state index in [4.69, 9.17) is 4.12 Å². The molecule has 0 spiro atoms. The van der Waals surface area contributed by atoms with Gasteiger partial charge >= 0.3 is 17.6 Å². The second kappa shape index (κ2) is 24.6. The van der Waals surface area contributed by atoms with Gasteiger partial charge in [-0.05, 0) is 49.9 Å². The van der Waals surface area contributed by atoms with Crippen molar-refractivity contribution in [1.29, 1.82) is 0 Å². The van der Waals surface area contributed by atoms with Crippen molar-refractivity contribution in [2.75, 3.05) is 32.1 Å². The largest absolute Gasteiger partial charge is 0.488 e. The van der Waals surface area contributed by atoms with E-state index < -0.39 is 37.7 Å². The Morgan fingerprint density at radius 3 is 1.39 bits per heavy atom. The first-order valence-corrected chi connectivity index (χ1v) is 27.5. The fourth-order valence-electron chi connectivity index (χ4n) is 6.86. The topological polar surface area (TPSA) is 186 Å². The van der Waals surface area contributed by atoms with Crippen LogP contribution in [0.5, 0.6) is 0 Å². The Labute approximate surface area is 338 Å². The normalized spacial score (nSPS) is 12.8. The summed E-state index contributed by atoms with van der Waals surface area (Å²) in [6, 6.07) is 19.5. The molecule has 316 valence electrons. The number of benzene rings is 3. The van der Waals surface area contributed by atoms with Crippen molar-refractivity contribution in [1.82, 2.24) is 9.44 Å². The number of fused-ring (bicyclic) bond motifs is 1. The van der Waals surface area contributed by atoms with E-state index in [0.717, 1.165) is 114 Å². The van der Waals surface area contributed by atoms with Gasteiger partial charge in [-0.2, -0.15) is 0 Å². The molecule has 6 N–H and O–H groups in total. The smallest absolute Gasteiger partial charge is 0.390 e.